The number of ether oxygens (including phenoxy) is 1. The standard InChI is InChI=1S/C19H20N4O2/c1-14(2)23-18(7-10-22-23)19-16(6-4-9-21-19)13-25-12-15-5-3-8-20-17(15)11-24/h3-11,14H,12-13H2,1-2H3. The number of hydrogen-bond donors (Lipinski definition) is 0. The number of aldehydes is 1. The zero-order valence-corrected chi connectivity index (χ0v) is 14.3. The van der Waals surface area contributed by atoms with Crippen molar-refractivity contribution in [3.8, 4) is 11.4 Å². The van der Waals surface area contributed by atoms with Crippen LogP contribution < -0.4 is 0 Å². The van der Waals surface area contributed by atoms with E-state index in [1.54, 1.807) is 24.7 Å². The van der Waals surface area contributed by atoms with Crippen LogP contribution in [0.5, 0.6) is 0 Å². The topological polar surface area (TPSA) is 69.9 Å². The lowest BCUT2D eigenvalue weighted by molar-refractivity contribution is 0.103. The maximum atomic E-state index is 11.0. The Morgan fingerprint density at radius 2 is 1.76 bits per heavy atom. The van der Waals surface area contributed by atoms with Crippen LogP contribution in [0, 0.1) is 0 Å². The average molecular weight is 336 g/mol. The molecule has 3 heterocycles. The molecule has 0 atom stereocenters. The third kappa shape index (κ3) is 3.80. The minimum absolute atomic E-state index is 0.242. The number of rotatable bonds is 7. The van der Waals surface area contributed by atoms with Gasteiger partial charge in [0.1, 0.15) is 5.69 Å². The van der Waals surface area contributed by atoms with Crippen molar-refractivity contribution in [2.24, 2.45) is 0 Å². The van der Waals surface area contributed by atoms with Gasteiger partial charge in [-0.2, -0.15) is 5.10 Å². The molecule has 6 nitrogen and oxygen atoms in total. The zero-order valence-electron chi connectivity index (χ0n) is 14.3. The number of pyridine rings is 2. The molecule has 128 valence electrons. The lowest BCUT2D eigenvalue weighted by Gasteiger charge is -2.14. The number of aromatic nitrogens is 4. The summed E-state index contributed by atoms with van der Waals surface area (Å²) in [4.78, 5) is 19.6. The van der Waals surface area contributed by atoms with Crippen molar-refractivity contribution >= 4 is 6.29 Å². The maximum Gasteiger partial charge on any atom is 0.168 e. The van der Waals surface area contributed by atoms with Gasteiger partial charge in [0, 0.05) is 35.8 Å². The van der Waals surface area contributed by atoms with Gasteiger partial charge in [-0.25, -0.2) is 0 Å². The molecule has 0 aliphatic heterocycles. The molecule has 0 amide bonds. The smallest absolute Gasteiger partial charge is 0.168 e. The first kappa shape index (κ1) is 17.0. The predicted octanol–water partition coefficient (Wildman–Crippen LogP) is 3.45. The molecule has 3 aromatic rings. The molecule has 6 heteroatoms. The minimum Gasteiger partial charge on any atom is -0.372 e. The monoisotopic (exact) mass is 336 g/mol. The number of carbonyl (C=O) groups is 1. The molecule has 0 saturated carbocycles. The van der Waals surface area contributed by atoms with Crippen molar-refractivity contribution in [1.82, 2.24) is 19.7 Å². The second kappa shape index (κ2) is 7.81. The van der Waals surface area contributed by atoms with Gasteiger partial charge in [0.25, 0.3) is 0 Å². The molecule has 0 saturated heterocycles. The highest BCUT2D eigenvalue weighted by molar-refractivity contribution is 5.73. The highest BCUT2D eigenvalue weighted by atomic mass is 16.5. The fourth-order valence-electron chi connectivity index (χ4n) is 2.65. The van der Waals surface area contributed by atoms with Gasteiger partial charge < -0.3 is 4.74 Å². The van der Waals surface area contributed by atoms with E-state index >= 15 is 0 Å². The van der Waals surface area contributed by atoms with Crippen molar-refractivity contribution in [3.63, 3.8) is 0 Å². The van der Waals surface area contributed by atoms with E-state index in [0.717, 1.165) is 28.8 Å². The summed E-state index contributed by atoms with van der Waals surface area (Å²) in [5.41, 5.74) is 3.98. The van der Waals surface area contributed by atoms with E-state index in [-0.39, 0.29) is 6.04 Å². The van der Waals surface area contributed by atoms with Gasteiger partial charge in [-0.3, -0.25) is 19.4 Å². The van der Waals surface area contributed by atoms with E-state index in [2.05, 4.69) is 28.9 Å². The summed E-state index contributed by atoms with van der Waals surface area (Å²) in [5, 5.41) is 4.37. The van der Waals surface area contributed by atoms with Gasteiger partial charge in [0.15, 0.2) is 6.29 Å². The largest absolute Gasteiger partial charge is 0.372 e. The molecule has 0 bridgehead atoms. The summed E-state index contributed by atoms with van der Waals surface area (Å²) >= 11 is 0. The van der Waals surface area contributed by atoms with Crippen molar-refractivity contribution in [3.05, 3.63) is 65.7 Å². The first-order chi connectivity index (χ1) is 12.2. The summed E-state index contributed by atoms with van der Waals surface area (Å²) in [6.07, 6.45) is 5.89. The van der Waals surface area contributed by atoms with E-state index < -0.39 is 0 Å². The fourth-order valence-corrected chi connectivity index (χ4v) is 2.65. The Labute approximate surface area is 146 Å². The summed E-state index contributed by atoms with van der Waals surface area (Å²) < 4.78 is 7.76. The normalized spacial score (nSPS) is 11.0. The quantitative estimate of drug-likeness (QED) is 0.618. The van der Waals surface area contributed by atoms with Crippen LogP contribution in [-0.4, -0.2) is 26.0 Å². The first-order valence-electron chi connectivity index (χ1n) is 8.15. The van der Waals surface area contributed by atoms with Gasteiger partial charge in [-0.1, -0.05) is 12.1 Å². The molecule has 25 heavy (non-hydrogen) atoms. The molecule has 3 rings (SSSR count). The van der Waals surface area contributed by atoms with Gasteiger partial charge in [0.2, 0.25) is 0 Å². The van der Waals surface area contributed by atoms with E-state index in [9.17, 15) is 4.79 Å². The van der Waals surface area contributed by atoms with E-state index in [1.807, 2.05) is 28.9 Å². The van der Waals surface area contributed by atoms with Crippen molar-refractivity contribution in [1.29, 1.82) is 0 Å². The molecule has 0 unspecified atom stereocenters. The summed E-state index contributed by atoms with van der Waals surface area (Å²) in [6.45, 7) is 4.87. The first-order valence-corrected chi connectivity index (χ1v) is 8.15. The Morgan fingerprint density at radius 3 is 2.52 bits per heavy atom. The minimum atomic E-state index is 0.242. The predicted molar refractivity (Wildman–Crippen MR) is 94.0 cm³/mol. The van der Waals surface area contributed by atoms with Crippen LogP contribution in [-0.2, 0) is 18.0 Å². The highest BCUT2D eigenvalue weighted by Crippen LogP contribution is 2.24. The zero-order chi connectivity index (χ0) is 17.6. The molecule has 0 spiro atoms. The molecule has 3 aromatic heterocycles. The third-order valence-electron chi connectivity index (χ3n) is 3.85. The Bertz CT molecular complexity index is 858. The lowest BCUT2D eigenvalue weighted by Crippen LogP contribution is -2.07. The Morgan fingerprint density at radius 1 is 1.04 bits per heavy atom. The molecule has 0 aromatic carbocycles. The second-order valence-electron chi connectivity index (χ2n) is 5.92. The van der Waals surface area contributed by atoms with E-state index in [4.69, 9.17) is 4.74 Å². The number of carbonyl (C=O) groups excluding carboxylic acids is 1. The van der Waals surface area contributed by atoms with Gasteiger partial charge in [-0.15, -0.1) is 0 Å². The summed E-state index contributed by atoms with van der Waals surface area (Å²) in [5.74, 6) is 0. The van der Waals surface area contributed by atoms with Crippen LogP contribution >= 0.6 is 0 Å². The molecular formula is C19H20N4O2. The fraction of sp³-hybridized carbons (Fsp3) is 0.263. The van der Waals surface area contributed by atoms with Gasteiger partial charge >= 0.3 is 0 Å². The molecular weight excluding hydrogens is 316 g/mol. The lowest BCUT2D eigenvalue weighted by atomic mass is 10.1. The maximum absolute atomic E-state index is 11.0. The van der Waals surface area contributed by atoms with Crippen LogP contribution in [0.1, 0.15) is 41.5 Å². The SMILES string of the molecule is CC(C)n1nccc1-c1ncccc1COCc1cccnc1C=O. The Hall–Kier alpha value is -2.86. The van der Waals surface area contributed by atoms with Crippen LogP contribution in [0.3, 0.4) is 0 Å². The molecule has 0 N–H and O–H groups in total. The molecule has 0 fully saturated rings. The van der Waals surface area contributed by atoms with Crippen LogP contribution in [0.15, 0.2) is 48.9 Å². The Balaban J connectivity index is 1.78. The van der Waals surface area contributed by atoms with Crippen molar-refractivity contribution < 1.29 is 9.53 Å². The van der Waals surface area contributed by atoms with E-state index in [0.29, 0.717) is 18.9 Å². The second-order valence-corrected chi connectivity index (χ2v) is 5.92. The summed E-state index contributed by atoms with van der Waals surface area (Å²) in [7, 11) is 0. The summed E-state index contributed by atoms with van der Waals surface area (Å²) in [6, 6.07) is 9.71. The van der Waals surface area contributed by atoms with Gasteiger partial charge in [-0.05, 0) is 32.0 Å². The Kier molecular flexibility index (Phi) is 5.30. The average Bonchev–Trinajstić information content (AvgIpc) is 3.12. The number of hydrogen-bond acceptors (Lipinski definition) is 5. The van der Waals surface area contributed by atoms with Crippen molar-refractivity contribution in [2.75, 3.05) is 0 Å². The van der Waals surface area contributed by atoms with Crippen molar-refractivity contribution in [2.45, 2.75) is 33.1 Å². The molecule has 0 radical (unpaired) electrons. The third-order valence-corrected chi connectivity index (χ3v) is 3.85. The van der Waals surface area contributed by atoms with Gasteiger partial charge in [0.05, 0.1) is 24.6 Å². The van der Waals surface area contributed by atoms with Crippen LogP contribution in [0.4, 0.5) is 0 Å². The number of nitrogens with zero attached hydrogens (tertiary/aromatic N) is 4. The highest BCUT2D eigenvalue weighted by Gasteiger charge is 2.13. The molecule has 0 aliphatic carbocycles. The van der Waals surface area contributed by atoms with E-state index in [1.165, 1.54) is 0 Å². The van der Waals surface area contributed by atoms with Crippen LogP contribution in [0.25, 0.3) is 11.4 Å². The van der Waals surface area contributed by atoms with Crippen LogP contribution in [0.2, 0.25) is 0 Å². The molecule has 0 aliphatic rings.